The van der Waals surface area contributed by atoms with Crippen molar-refractivity contribution in [3.63, 3.8) is 0 Å². The zero-order valence-corrected chi connectivity index (χ0v) is 16.1. The maximum absolute atomic E-state index is 10.1. The third-order valence-electron chi connectivity index (χ3n) is 4.80. The van der Waals surface area contributed by atoms with Crippen LogP contribution in [-0.2, 0) is 19.8 Å². The van der Waals surface area contributed by atoms with Gasteiger partial charge in [0.2, 0.25) is 5.60 Å². The monoisotopic (exact) mass is 386 g/mol. The number of rotatable bonds is 4. The first-order valence-corrected chi connectivity index (χ1v) is 8.91. The van der Waals surface area contributed by atoms with Gasteiger partial charge in [0.1, 0.15) is 36.2 Å². The summed E-state index contributed by atoms with van der Waals surface area (Å²) in [6.45, 7) is 3.25. The molecule has 10 nitrogen and oxygen atoms in total. The second-order valence-electron chi connectivity index (χ2n) is 7.51. The summed E-state index contributed by atoms with van der Waals surface area (Å²) in [4.78, 5) is 10.4. The molecule has 0 amide bonds. The molecule has 2 aromatic rings. The molecule has 2 fully saturated rings. The van der Waals surface area contributed by atoms with Crippen molar-refractivity contribution in [1.29, 1.82) is 5.26 Å². The van der Waals surface area contributed by atoms with Gasteiger partial charge in [-0.05, 0) is 26.0 Å². The summed E-state index contributed by atoms with van der Waals surface area (Å²) < 4.78 is 19.5. The number of hydrogen-bond acceptors (Lipinski definition) is 8. The van der Waals surface area contributed by atoms with E-state index in [0.29, 0.717) is 17.0 Å². The molecule has 0 bridgehead atoms. The van der Waals surface area contributed by atoms with Crippen LogP contribution < -0.4 is 0 Å². The predicted molar refractivity (Wildman–Crippen MR) is 97.9 cm³/mol. The van der Waals surface area contributed by atoms with Crippen molar-refractivity contribution in [2.45, 2.75) is 43.5 Å². The Morgan fingerprint density at radius 1 is 1.36 bits per heavy atom. The lowest BCUT2D eigenvalue weighted by Crippen LogP contribution is -2.40. The molecule has 2 aliphatic rings. The zero-order valence-electron chi connectivity index (χ0n) is 16.1. The van der Waals surface area contributed by atoms with E-state index >= 15 is 0 Å². The van der Waals surface area contributed by atoms with Gasteiger partial charge < -0.3 is 24.2 Å². The van der Waals surface area contributed by atoms with Crippen molar-refractivity contribution in [3.8, 4) is 6.07 Å². The molecule has 0 unspecified atom stereocenters. The van der Waals surface area contributed by atoms with Gasteiger partial charge in [0.15, 0.2) is 11.6 Å². The van der Waals surface area contributed by atoms with Gasteiger partial charge in [-0.25, -0.2) is 14.5 Å². The van der Waals surface area contributed by atoms with Crippen LogP contribution in [0.15, 0.2) is 23.5 Å². The highest BCUT2D eigenvalue weighted by atomic mass is 16.8. The van der Waals surface area contributed by atoms with Gasteiger partial charge in [-0.15, -0.1) is 0 Å². The largest absolute Gasteiger partial charge is 0.394 e. The highest BCUT2D eigenvalue weighted by molar-refractivity contribution is 5.71. The first kappa shape index (κ1) is 18.8. The van der Waals surface area contributed by atoms with Crippen LogP contribution in [0.5, 0.6) is 0 Å². The second kappa shape index (κ2) is 6.49. The lowest BCUT2D eigenvalue weighted by Gasteiger charge is -2.28. The molecule has 4 rings (SSSR count). The third kappa shape index (κ3) is 2.75. The van der Waals surface area contributed by atoms with Crippen LogP contribution in [0, 0.1) is 11.3 Å². The van der Waals surface area contributed by atoms with Crippen molar-refractivity contribution in [1.82, 2.24) is 19.5 Å². The van der Waals surface area contributed by atoms with Crippen molar-refractivity contribution < 1.29 is 19.3 Å². The van der Waals surface area contributed by atoms with E-state index < -0.39 is 29.7 Å². The Balaban J connectivity index is 1.84. The molecule has 0 saturated carbocycles. The molecule has 4 atom stereocenters. The smallest absolute Gasteiger partial charge is 0.226 e. The molecule has 0 radical (unpaired) electrons. The van der Waals surface area contributed by atoms with Gasteiger partial charge in [-0.1, -0.05) is 0 Å². The van der Waals surface area contributed by atoms with E-state index in [1.807, 2.05) is 14.1 Å². The van der Waals surface area contributed by atoms with E-state index in [1.54, 1.807) is 41.7 Å². The molecule has 2 aliphatic heterocycles. The Labute approximate surface area is 162 Å². The van der Waals surface area contributed by atoms with E-state index in [-0.39, 0.29) is 6.61 Å². The van der Waals surface area contributed by atoms with Gasteiger partial charge in [0.25, 0.3) is 0 Å². The molecule has 2 saturated heterocycles. The Bertz CT molecular complexity index is 965. The van der Waals surface area contributed by atoms with Crippen LogP contribution in [0.2, 0.25) is 0 Å². The highest BCUT2D eigenvalue weighted by Gasteiger charge is 2.65. The minimum absolute atomic E-state index is 0.291. The number of aliphatic imine (C=N–C) groups is 1. The molecular weight excluding hydrogens is 364 g/mol. The lowest BCUT2D eigenvalue weighted by atomic mass is 9.92. The Kier molecular flexibility index (Phi) is 4.35. The maximum atomic E-state index is 10.1. The summed E-state index contributed by atoms with van der Waals surface area (Å²) in [5.74, 6) is -0.432. The molecule has 0 aromatic carbocycles. The molecular formula is C18H22N6O4. The Hall–Kier alpha value is -2.58. The molecule has 2 aromatic heterocycles. The van der Waals surface area contributed by atoms with Gasteiger partial charge in [-0.2, -0.15) is 10.4 Å². The third-order valence-corrected chi connectivity index (χ3v) is 4.80. The lowest BCUT2D eigenvalue weighted by molar-refractivity contribution is -0.204. The first-order valence-electron chi connectivity index (χ1n) is 8.91. The first-order chi connectivity index (χ1) is 13.3. The van der Waals surface area contributed by atoms with E-state index in [1.165, 1.54) is 6.33 Å². The average Bonchev–Trinajstić information content (AvgIpc) is 3.30. The van der Waals surface area contributed by atoms with Gasteiger partial charge in [0, 0.05) is 14.1 Å². The SMILES string of the molecule is CN(C)C=Nc1ncnn2c([C@]3(C#N)O[C@H](CO)[C@H]4OC(C)(C)O[C@H]43)ccc12. The van der Waals surface area contributed by atoms with Crippen molar-refractivity contribution in [3.05, 3.63) is 24.2 Å². The van der Waals surface area contributed by atoms with Crippen molar-refractivity contribution >= 4 is 17.7 Å². The number of ether oxygens (including phenoxy) is 3. The normalized spacial score (nSPS) is 31.4. The van der Waals surface area contributed by atoms with Crippen LogP contribution in [0.25, 0.3) is 5.52 Å². The summed E-state index contributed by atoms with van der Waals surface area (Å²) in [5, 5.41) is 24.2. The average molecular weight is 386 g/mol. The van der Waals surface area contributed by atoms with Crippen molar-refractivity contribution in [2.75, 3.05) is 20.7 Å². The standard InChI is InChI=1S/C18H22N6O4/c1-17(2)27-14-12(7-25)26-18(8-19,15(14)28-17)13-6-5-11-16(21-10-23(3)4)20-9-22-24(11)13/h5-6,9-10,12,14-15,25H,7H2,1-4H3/t12-,14-,15-,18+/m1/s1. The van der Waals surface area contributed by atoms with Crippen molar-refractivity contribution in [2.24, 2.45) is 4.99 Å². The molecule has 0 aliphatic carbocycles. The molecule has 0 spiro atoms. The summed E-state index contributed by atoms with van der Waals surface area (Å²) in [6, 6.07) is 5.77. The molecule has 148 valence electrons. The topological polar surface area (TPSA) is 118 Å². The summed E-state index contributed by atoms with van der Waals surface area (Å²) >= 11 is 0. The number of hydrogen-bond donors (Lipinski definition) is 1. The fourth-order valence-electron chi connectivity index (χ4n) is 3.71. The number of aliphatic hydroxyl groups excluding tert-OH is 1. The van der Waals surface area contributed by atoms with Gasteiger partial charge in [-0.3, -0.25) is 0 Å². The number of aliphatic hydroxyl groups is 1. The van der Waals surface area contributed by atoms with E-state index in [0.717, 1.165) is 0 Å². The summed E-state index contributed by atoms with van der Waals surface area (Å²) in [7, 11) is 3.72. The van der Waals surface area contributed by atoms with Crippen LogP contribution in [0.1, 0.15) is 19.5 Å². The quantitative estimate of drug-likeness (QED) is 0.599. The summed E-state index contributed by atoms with van der Waals surface area (Å²) in [6.07, 6.45) is 1.03. The van der Waals surface area contributed by atoms with Gasteiger partial charge >= 0.3 is 0 Å². The molecule has 1 N–H and O–H groups in total. The fourth-order valence-corrected chi connectivity index (χ4v) is 3.71. The van der Waals surface area contributed by atoms with E-state index in [9.17, 15) is 10.4 Å². The van der Waals surface area contributed by atoms with E-state index in [4.69, 9.17) is 14.2 Å². The number of fused-ring (bicyclic) bond motifs is 2. The predicted octanol–water partition coefficient (Wildman–Crippen LogP) is 0.581. The van der Waals surface area contributed by atoms with Crippen LogP contribution in [-0.4, -0.2) is 75.7 Å². The second-order valence-corrected chi connectivity index (χ2v) is 7.51. The maximum Gasteiger partial charge on any atom is 0.226 e. The Morgan fingerprint density at radius 3 is 2.82 bits per heavy atom. The number of aromatic nitrogens is 3. The highest BCUT2D eigenvalue weighted by Crippen LogP contribution is 2.49. The van der Waals surface area contributed by atoms with Crippen LogP contribution >= 0.6 is 0 Å². The fraction of sp³-hybridized carbons (Fsp3) is 0.556. The molecule has 10 heteroatoms. The zero-order chi connectivity index (χ0) is 20.1. The summed E-state index contributed by atoms with van der Waals surface area (Å²) in [5.41, 5.74) is -0.397. The van der Waals surface area contributed by atoms with Crippen LogP contribution in [0.4, 0.5) is 5.82 Å². The van der Waals surface area contributed by atoms with Gasteiger partial charge in [0.05, 0.1) is 18.6 Å². The van der Waals surface area contributed by atoms with E-state index in [2.05, 4.69) is 21.1 Å². The minimum atomic E-state index is -1.49. The molecule has 4 heterocycles. The Morgan fingerprint density at radius 2 is 2.14 bits per heavy atom. The van der Waals surface area contributed by atoms with Crippen LogP contribution in [0.3, 0.4) is 0 Å². The molecule has 28 heavy (non-hydrogen) atoms. The number of nitrogens with zero attached hydrogens (tertiary/aromatic N) is 6. The minimum Gasteiger partial charge on any atom is -0.394 e. The number of nitriles is 1.